The maximum atomic E-state index is 8.88. The first-order chi connectivity index (χ1) is 16.7. The van der Waals surface area contributed by atoms with Crippen LogP contribution in [0.25, 0.3) is 36.5 Å². The highest BCUT2D eigenvalue weighted by atomic mass is 14.2. The molecule has 0 heterocycles. The second kappa shape index (κ2) is 11.1. The van der Waals surface area contributed by atoms with Crippen molar-refractivity contribution in [1.29, 1.82) is 10.5 Å². The Morgan fingerprint density at radius 2 is 0.500 bits per heavy atom. The highest BCUT2D eigenvalue weighted by Crippen LogP contribution is 2.15. The molecule has 0 fully saturated rings. The van der Waals surface area contributed by atoms with E-state index in [1.807, 2.05) is 60.7 Å². The first kappa shape index (κ1) is 22.3. The van der Waals surface area contributed by atoms with Gasteiger partial charge in [0.15, 0.2) is 0 Å². The van der Waals surface area contributed by atoms with Crippen LogP contribution in [0.1, 0.15) is 44.5 Å². The zero-order valence-electron chi connectivity index (χ0n) is 18.6. The molecule has 0 radical (unpaired) electrons. The number of hydrogen-bond acceptors (Lipinski definition) is 2. The van der Waals surface area contributed by atoms with E-state index in [0.29, 0.717) is 11.1 Å². The molecule has 34 heavy (non-hydrogen) atoms. The molecular formula is C32H22N2. The van der Waals surface area contributed by atoms with Crippen LogP contribution < -0.4 is 0 Å². The van der Waals surface area contributed by atoms with E-state index < -0.39 is 0 Å². The van der Waals surface area contributed by atoms with Gasteiger partial charge in [0, 0.05) is 0 Å². The van der Waals surface area contributed by atoms with Gasteiger partial charge in [-0.05, 0) is 57.6 Å². The molecule has 160 valence electrons. The van der Waals surface area contributed by atoms with Crippen molar-refractivity contribution >= 4 is 36.5 Å². The normalized spacial score (nSPS) is 11.1. The Morgan fingerprint density at radius 3 is 0.676 bits per heavy atom. The fourth-order valence-electron chi connectivity index (χ4n) is 3.35. The second-order valence-corrected chi connectivity index (χ2v) is 7.80. The molecule has 0 aromatic heterocycles. The highest BCUT2D eigenvalue weighted by molar-refractivity contribution is 5.74. The number of nitrogens with zero attached hydrogens (tertiary/aromatic N) is 2. The van der Waals surface area contributed by atoms with E-state index in [-0.39, 0.29) is 0 Å². The molecule has 0 aliphatic heterocycles. The van der Waals surface area contributed by atoms with Gasteiger partial charge in [0.2, 0.25) is 0 Å². The maximum absolute atomic E-state index is 8.88. The van der Waals surface area contributed by atoms with Crippen LogP contribution in [0.15, 0.2) is 97.1 Å². The van der Waals surface area contributed by atoms with Gasteiger partial charge in [-0.15, -0.1) is 0 Å². The third-order valence-electron chi connectivity index (χ3n) is 5.36. The van der Waals surface area contributed by atoms with Crippen molar-refractivity contribution in [3.63, 3.8) is 0 Å². The van der Waals surface area contributed by atoms with Crippen LogP contribution in [0.5, 0.6) is 0 Å². The number of rotatable bonds is 6. The molecule has 0 bridgehead atoms. The number of hydrogen-bond donors (Lipinski definition) is 0. The van der Waals surface area contributed by atoms with E-state index in [0.717, 1.165) is 33.4 Å². The van der Waals surface area contributed by atoms with Crippen molar-refractivity contribution in [2.75, 3.05) is 0 Å². The average molecular weight is 435 g/mol. The lowest BCUT2D eigenvalue weighted by Crippen LogP contribution is -1.78. The summed E-state index contributed by atoms with van der Waals surface area (Å²) in [5, 5.41) is 17.8. The van der Waals surface area contributed by atoms with E-state index in [4.69, 9.17) is 10.5 Å². The topological polar surface area (TPSA) is 47.6 Å². The molecule has 0 unspecified atom stereocenters. The summed E-state index contributed by atoms with van der Waals surface area (Å²) in [5.74, 6) is 0. The Hall–Kier alpha value is -4.92. The largest absolute Gasteiger partial charge is 0.192 e. The van der Waals surface area contributed by atoms with E-state index in [2.05, 4.69) is 85.0 Å². The zero-order valence-corrected chi connectivity index (χ0v) is 18.6. The van der Waals surface area contributed by atoms with Crippen LogP contribution >= 0.6 is 0 Å². The Bertz CT molecular complexity index is 1290. The molecule has 0 saturated heterocycles. The SMILES string of the molecule is N#Cc1ccc(/C=C/c2ccc(/C=C/c3ccc(/C=C/c4ccc(C#N)cc4)cc3)cc2)cc1. The van der Waals surface area contributed by atoms with Crippen molar-refractivity contribution in [3.05, 3.63) is 142 Å². The third kappa shape index (κ3) is 6.30. The molecule has 2 nitrogen and oxygen atoms in total. The second-order valence-electron chi connectivity index (χ2n) is 7.80. The molecule has 0 atom stereocenters. The van der Waals surface area contributed by atoms with E-state index in [1.54, 1.807) is 0 Å². The number of nitriles is 2. The standard InChI is InChI=1S/C32H22N2/c33-23-31-19-15-29(16-20-31)13-11-27-7-3-25(4-8-27)1-2-26-5-9-28(10-6-26)12-14-30-17-21-32(24-34)22-18-30/h1-22H/b2-1+,13-11+,14-12+. The Kier molecular flexibility index (Phi) is 7.27. The molecule has 0 spiro atoms. The lowest BCUT2D eigenvalue weighted by molar-refractivity contribution is 1.48. The number of benzene rings is 4. The molecule has 2 heteroatoms. The Balaban J connectivity index is 1.34. The fraction of sp³-hybridized carbons (Fsp3) is 0. The molecular weight excluding hydrogens is 412 g/mol. The summed E-state index contributed by atoms with van der Waals surface area (Å²) in [6, 6.07) is 36.1. The Labute approximate surface area is 200 Å². The third-order valence-corrected chi connectivity index (χ3v) is 5.36. The van der Waals surface area contributed by atoms with Crippen LogP contribution in [-0.2, 0) is 0 Å². The minimum atomic E-state index is 0.669. The molecule has 4 aromatic carbocycles. The van der Waals surface area contributed by atoms with Gasteiger partial charge in [-0.2, -0.15) is 10.5 Å². The predicted molar refractivity (Wildman–Crippen MR) is 142 cm³/mol. The minimum absolute atomic E-state index is 0.669. The summed E-state index contributed by atoms with van der Waals surface area (Å²) in [4.78, 5) is 0. The van der Waals surface area contributed by atoms with Gasteiger partial charge >= 0.3 is 0 Å². The first-order valence-electron chi connectivity index (χ1n) is 11.0. The predicted octanol–water partition coefficient (Wildman–Crippen LogP) is 7.94. The smallest absolute Gasteiger partial charge is 0.0991 e. The summed E-state index contributed by atoms with van der Waals surface area (Å²) in [7, 11) is 0. The molecule has 0 N–H and O–H groups in total. The van der Waals surface area contributed by atoms with Gasteiger partial charge in [-0.25, -0.2) is 0 Å². The van der Waals surface area contributed by atoms with Crippen molar-refractivity contribution in [3.8, 4) is 12.1 Å². The van der Waals surface area contributed by atoms with Gasteiger partial charge < -0.3 is 0 Å². The molecule has 0 saturated carbocycles. The monoisotopic (exact) mass is 434 g/mol. The van der Waals surface area contributed by atoms with Gasteiger partial charge in [0.05, 0.1) is 23.3 Å². The van der Waals surface area contributed by atoms with E-state index in [9.17, 15) is 0 Å². The summed E-state index contributed by atoms with van der Waals surface area (Å²) in [6.45, 7) is 0. The van der Waals surface area contributed by atoms with Gasteiger partial charge in [0.25, 0.3) is 0 Å². The van der Waals surface area contributed by atoms with Crippen molar-refractivity contribution < 1.29 is 0 Å². The molecule has 4 rings (SSSR count). The zero-order chi connectivity index (χ0) is 23.6. The maximum Gasteiger partial charge on any atom is 0.0991 e. The van der Waals surface area contributed by atoms with Crippen LogP contribution in [0.4, 0.5) is 0 Å². The molecule has 0 amide bonds. The van der Waals surface area contributed by atoms with Crippen LogP contribution in [-0.4, -0.2) is 0 Å². The van der Waals surface area contributed by atoms with E-state index in [1.165, 1.54) is 0 Å². The molecule has 4 aromatic rings. The fourth-order valence-corrected chi connectivity index (χ4v) is 3.35. The molecule has 0 aliphatic carbocycles. The van der Waals surface area contributed by atoms with Gasteiger partial charge in [-0.1, -0.05) is 109 Å². The highest BCUT2D eigenvalue weighted by Gasteiger charge is 1.94. The Morgan fingerprint density at radius 1 is 0.324 bits per heavy atom. The van der Waals surface area contributed by atoms with Crippen LogP contribution in [0, 0.1) is 22.7 Å². The van der Waals surface area contributed by atoms with E-state index >= 15 is 0 Å². The van der Waals surface area contributed by atoms with Crippen molar-refractivity contribution in [2.45, 2.75) is 0 Å². The lowest BCUT2D eigenvalue weighted by Gasteiger charge is -1.99. The van der Waals surface area contributed by atoms with Gasteiger partial charge in [0.1, 0.15) is 0 Å². The van der Waals surface area contributed by atoms with Gasteiger partial charge in [-0.3, -0.25) is 0 Å². The summed E-state index contributed by atoms with van der Waals surface area (Å²) < 4.78 is 0. The summed E-state index contributed by atoms with van der Waals surface area (Å²) in [6.07, 6.45) is 12.4. The first-order valence-corrected chi connectivity index (χ1v) is 11.0. The average Bonchev–Trinajstić information content (AvgIpc) is 2.91. The lowest BCUT2D eigenvalue weighted by atomic mass is 10.1. The van der Waals surface area contributed by atoms with Crippen molar-refractivity contribution in [1.82, 2.24) is 0 Å². The molecule has 0 aliphatic rings. The summed E-state index contributed by atoms with van der Waals surface area (Å²) >= 11 is 0. The van der Waals surface area contributed by atoms with Crippen molar-refractivity contribution in [2.24, 2.45) is 0 Å². The quantitative estimate of drug-likeness (QED) is 0.289. The van der Waals surface area contributed by atoms with Crippen LogP contribution in [0.3, 0.4) is 0 Å². The summed E-state index contributed by atoms with van der Waals surface area (Å²) in [5.41, 5.74) is 8.00. The minimum Gasteiger partial charge on any atom is -0.192 e. The van der Waals surface area contributed by atoms with Crippen LogP contribution in [0.2, 0.25) is 0 Å².